The summed E-state index contributed by atoms with van der Waals surface area (Å²) in [7, 11) is 0. The number of hydrogen-bond acceptors (Lipinski definition) is 3. The van der Waals surface area contributed by atoms with Gasteiger partial charge in [-0.25, -0.2) is 0 Å². The summed E-state index contributed by atoms with van der Waals surface area (Å²) >= 11 is 7.35. The fraction of sp³-hybridized carbons (Fsp3) is 0.167. The van der Waals surface area contributed by atoms with Crippen molar-refractivity contribution in [3.8, 4) is 0 Å². The summed E-state index contributed by atoms with van der Waals surface area (Å²) < 4.78 is 0. The largest absolute Gasteiger partial charge is 0.350 e. The van der Waals surface area contributed by atoms with Gasteiger partial charge in [0.25, 0.3) is 0 Å². The third kappa shape index (κ3) is 0.914. The predicted octanol–water partition coefficient (Wildman–Crippen LogP) is 2.11. The molecule has 0 spiro atoms. The number of alkyl halides is 1. The van der Waals surface area contributed by atoms with Crippen molar-refractivity contribution >= 4 is 34.8 Å². The summed E-state index contributed by atoms with van der Waals surface area (Å²) in [4.78, 5) is 5.13. The zero-order valence-electron chi connectivity index (χ0n) is 5.04. The average molecular weight is 173 g/mol. The van der Waals surface area contributed by atoms with Gasteiger partial charge in [0.1, 0.15) is 0 Å². The molecule has 10 heavy (non-hydrogen) atoms. The van der Waals surface area contributed by atoms with Crippen LogP contribution in [0.3, 0.4) is 0 Å². The van der Waals surface area contributed by atoms with Crippen LogP contribution in [0.25, 0.3) is 0 Å². The van der Waals surface area contributed by atoms with Gasteiger partial charge in [-0.2, -0.15) is 0 Å². The molecule has 2 nitrogen and oxygen atoms in total. The fourth-order valence-electron chi connectivity index (χ4n) is 0.839. The average Bonchev–Trinajstić information content (AvgIpc) is 2.33. The predicted molar refractivity (Wildman–Crippen MR) is 45.2 cm³/mol. The molecule has 0 saturated carbocycles. The summed E-state index contributed by atoms with van der Waals surface area (Å²) in [5, 5.41) is 5.03. The van der Waals surface area contributed by atoms with Crippen molar-refractivity contribution in [1.29, 1.82) is 0 Å². The Labute approximate surface area is 67.5 Å². The first kappa shape index (κ1) is 6.19. The van der Waals surface area contributed by atoms with Gasteiger partial charge < -0.3 is 5.32 Å². The molecule has 1 aromatic heterocycles. The van der Waals surface area contributed by atoms with Crippen molar-refractivity contribution in [3.63, 3.8) is 0 Å². The Morgan fingerprint density at radius 2 is 2.60 bits per heavy atom. The van der Waals surface area contributed by atoms with E-state index in [1.165, 1.54) is 0 Å². The lowest BCUT2D eigenvalue weighted by Gasteiger charge is -2.11. The van der Waals surface area contributed by atoms with E-state index in [9.17, 15) is 0 Å². The molecule has 1 aromatic rings. The smallest absolute Gasteiger partial charge is 0.195 e. The molecule has 0 fully saturated rings. The number of hydrogen-bond donors (Lipinski definition) is 1. The standard InChI is InChI=1S/C6H5ClN2S/c7-6-8-3-5-4(9-6)1-2-10-5/h1-3,6,9H. The van der Waals surface area contributed by atoms with Crippen LogP contribution in [0, 0.1) is 0 Å². The topological polar surface area (TPSA) is 24.4 Å². The molecule has 0 aliphatic carbocycles. The molecule has 0 aromatic carbocycles. The zero-order valence-corrected chi connectivity index (χ0v) is 6.62. The van der Waals surface area contributed by atoms with Crippen LogP contribution in [0.2, 0.25) is 0 Å². The molecule has 1 atom stereocenters. The maximum absolute atomic E-state index is 5.70. The molecule has 0 radical (unpaired) electrons. The van der Waals surface area contributed by atoms with Gasteiger partial charge in [0.15, 0.2) is 5.62 Å². The van der Waals surface area contributed by atoms with Crippen LogP contribution in [0.1, 0.15) is 4.88 Å². The monoisotopic (exact) mass is 172 g/mol. The van der Waals surface area contributed by atoms with Gasteiger partial charge in [-0.1, -0.05) is 11.6 Å². The summed E-state index contributed by atoms with van der Waals surface area (Å²) in [6.07, 6.45) is 1.80. The van der Waals surface area contributed by atoms with E-state index in [2.05, 4.69) is 10.3 Å². The highest BCUT2D eigenvalue weighted by Gasteiger charge is 2.10. The number of nitrogens with one attached hydrogen (secondary N) is 1. The lowest BCUT2D eigenvalue weighted by Crippen LogP contribution is -2.13. The van der Waals surface area contributed by atoms with Crippen molar-refractivity contribution in [3.05, 3.63) is 16.3 Å². The first-order chi connectivity index (χ1) is 4.86. The van der Waals surface area contributed by atoms with Gasteiger partial charge >= 0.3 is 0 Å². The van der Waals surface area contributed by atoms with Crippen LogP contribution in [0.15, 0.2) is 16.4 Å². The minimum atomic E-state index is -0.290. The van der Waals surface area contributed by atoms with E-state index in [1.54, 1.807) is 17.6 Å². The Hall–Kier alpha value is -0.540. The quantitative estimate of drug-likeness (QED) is 0.471. The van der Waals surface area contributed by atoms with Crippen LogP contribution in [-0.2, 0) is 0 Å². The molecule has 52 valence electrons. The van der Waals surface area contributed by atoms with E-state index < -0.39 is 0 Å². The molecule has 1 aliphatic heterocycles. The Balaban J connectivity index is 2.43. The summed E-state index contributed by atoms with van der Waals surface area (Å²) in [6.45, 7) is 0. The highest BCUT2D eigenvalue weighted by molar-refractivity contribution is 7.12. The Kier molecular flexibility index (Phi) is 1.39. The minimum Gasteiger partial charge on any atom is -0.350 e. The normalized spacial score (nSPS) is 21.9. The number of rotatable bonds is 0. The second-order valence-electron chi connectivity index (χ2n) is 1.96. The van der Waals surface area contributed by atoms with Crippen molar-refractivity contribution in [2.24, 2.45) is 4.99 Å². The molecule has 0 amide bonds. The third-order valence-corrected chi connectivity index (χ3v) is 2.37. The highest BCUT2D eigenvalue weighted by atomic mass is 35.5. The van der Waals surface area contributed by atoms with Gasteiger partial charge in [0.2, 0.25) is 0 Å². The minimum absolute atomic E-state index is 0.290. The first-order valence-electron chi connectivity index (χ1n) is 2.87. The Morgan fingerprint density at radius 3 is 3.50 bits per heavy atom. The first-order valence-corrected chi connectivity index (χ1v) is 4.19. The van der Waals surface area contributed by atoms with Crippen molar-refractivity contribution in [2.75, 3.05) is 5.32 Å². The fourth-order valence-corrected chi connectivity index (χ4v) is 1.74. The number of thiophene rings is 1. The van der Waals surface area contributed by atoms with Gasteiger partial charge in [-0.15, -0.1) is 11.3 Å². The van der Waals surface area contributed by atoms with E-state index in [-0.39, 0.29) is 5.62 Å². The molecule has 1 N–H and O–H groups in total. The lowest BCUT2D eigenvalue weighted by atomic mass is 10.4. The number of anilines is 1. The maximum atomic E-state index is 5.70. The second kappa shape index (κ2) is 2.25. The van der Waals surface area contributed by atoms with Gasteiger partial charge in [0, 0.05) is 6.21 Å². The molecule has 1 aliphatic rings. The molecule has 4 heteroatoms. The van der Waals surface area contributed by atoms with Crippen LogP contribution in [0.5, 0.6) is 0 Å². The molecule has 0 bridgehead atoms. The lowest BCUT2D eigenvalue weighted by molar-refractivity contribution is 1.04. The van der Waals surface area contributed by atoms with E-state index >= 15 is 0 Å². The summed E-state index contributed by atoms with van der Waals surface area (Å²) in [5.41, 5.74) is 0.794. The van der Waals surface area contributed by atoms with Crippen molar-refractivity contribution < 1.29 is 0 Å². The van der Waals surface area contributed by atoms with E-state index in [0.29, 0.717) is 0 Å². The van der Waals surface area contributed by atoms with Gasteiger partial charge in [0.05, 0.1) is 10.6 Å². The van der Waals surface area contributed by atoms with E-state index in [4.69, 9.17) is 11.6 Å². The van der Waals surface area contributed by atoms with E-state index in [0.717, 1.165) is 10.6 Å². The van der Waals surface area contributed by atoms with Crippen molar-refractivity contribution in [1.82, 2.24) is 0 Å². The van der Waals surface area contributed by atoms with Gasteiger partial charge in [-0.05, 0) is 11.4 Å². The molecule has 0 saturated heterocycles. The Morgan fingerprint density at radius 1 is 1.70 bits per heavy atom. The molecule has 1 unspecified atom stereocenters. The SMILES string of the molecule is ClC1N=Cc2sccc2N1. The Bertz CT molecular complexity index is 268. The van der Waals surface area contributed by atoms with Crippen LogP contribution in [0.4, 0.5) is 5.69 Å². The maximum Gasteiger partial charge on any atom is 0.195 e. The summed E-state index contributed by atoms with van der Waals surface area (Å²) in [6, 6.07) is 2.00. The molecular weight excluding hydrogens is 168 g/mol. The van der Waals surface area contributed by atoms with Crippen LogP contribution in [-0.4, -0.2) is 11.8 Å². The zero-order chi connectivity index (χ0) is 6.97. The summed E-state index contributed by atoms with van der Waals surface area (Å²) in [5.74, 6) is 0. The van der Waals surface area contributed by atoms with Gasteiger partial charge in [-0.3, -0.25) is 4.99 Å². The molecular formula is C6H5ClN2S. The molecule has 2 heterocycles. The number of halogens is 1. The highest BCUT2D eigenvalue weighted by Crippen LogP contribution is 2.24. The van der Waals surface area contributed by atoms with E-state index in [1.807, 2.05) is 11.4 Å². The van der Waals surface area contributed by atoms with Crippen LogP contribution < -0.4 is 5.32 Å². The van der Waals surface area contributed by atoms with Crippen LogP contribution >= 0.6 is 22.9 Å². The number of fused-ring (bicyclic) bond motifs is 1. The number of aliphatic imine (C=N–C) groups is 1. The second-order valence-corrected chi connectivity index (χ2v) is 3.32. The van der Waals surface area contributed by atoms with Crippen molar-refractivity contribution in [2.45, 2.75) is 5.62 Å². The molecule has 2 rings (SSSR count). The number of nitrogens with zero attached hydrogens (tertiary/aromatic N) is 1. The third-order valence-electron chi connectivity index (χ3n) is 1.29.